The van der Waals surface area contributed by atoms with Crippen molar-refractivity contribution in [3.05, 3.63) is 17.5 Å². The number of aliphatic hydroxyl groups is 1. The second kappa shape index (κ2) is 4.23. The molecule has 0 aliphatic rings. The molecule has 4 nitrogen and oxygen atoms in total. The lowest BCUT2D eigenvalue weighted by atomic mass is 10.4. The van der Waals surface area contributed by atoms with Crippen LogP contribution in [-0.4, -0.2) is 21.5 Å². The monoisotopic (exact) mass is 170 g/mol. The normalized spacial score (nSPS) is 10.6. The molecule has 0 spiro atoms. The lowest BCUT2D eigenvalue weighted by Crippen LogP contribution is -2.00. The van der Waals surface area contributed by atoms with E-state index >= 15 is 0 Å². The van der Waals surface area contributed by atoms with Gasteiger partial charge in [-0.15, -0.1) is 0 Å². The number of nitrogens with zero attached hydrogens (tertiary/aromatic N) is 2. The summed E-state index contributed by atoms with van der Waals surface area (Å²) in [4.78, 5) is 0. The Morgan fingerprint density at radius 3 is 2.92 bits per heavy atom. The summed E-state index contributed by atoms with van der Waals surface area (Å²) in [7, 11) is 1.84. The highest BCUT2D eigenvalue weighted by Crippen LogP contribution is 2.04. The molecule has 68 valence electrons. The molecule has 1 aromatic rings. The lowest BCUT2D eigenvalue weighted by Gasteiger charge is -1.99. The van der Waals surface area contributed by atoms with Crippen molar-refractivity contribution in [1.82, 2.24) is 9.78 Å². The average Bonchev–Trinajstić information content (AvgIpc) is 2.43. The molecule has 0 saturated heterocycles. The van der Waals surface area contributed by atoms with Crippen LogP contribution in [0.1, 0.15) is 18.3 Å². The van der Waals surface area contributed by atoms with Crippen LogP contribution in [0.3, 0.4) is 0 Å². The Morgan fingerprint density at radius 2 is 2.42 bits per heavy atom. The van der Waals surface area contributed by atoms with E-state index in [0.29, 0.717) is 18.9 Å². The minimum atomic E-state index is -0.0139. The Kier molecular flexibility index (Phi) is 3.25. The molecule has 0 bridgehead atoms. The van der Waals surface area contributed by atoms with Gasteiger partial charge in [-0.3, -0.25) is 4.68 Å². The van der Waals surface area contributed by atoms with Crippen LogP contribution < -0.4 is 0 Å². The fraction of sp³-hybridized carbons (Fsp3) is 0.625. The Balaban J connectivity index is 2.64. The molecular weight excluding hydrogens is 156 g/mol. The Labute approximate surface area is 71.8 Å². The number of aryl methyl sites for hydroxylation is 1. The molecule has 0 atom stereocenters. The van der Waals surface area contributed by atoms with Crippen LogP contribution in [0.4, 0.5) is 0 Å². The SMILES string of the molecule is CCOCc1cc(CO)nn1C. The van der Waals surface area contributed by atoms with Gasteiger partial charge in [0.05, 0.1) is 24.6 Å². The topological polar surface area (TPSA) is 47.3 Å². The highest BCUT2D eigenvalue weighted by Gasteiger charge is 2.02. The molecule has 1 N–H and O–H groups in total. The molecule has 12 heavy (non-hydrogen) atoms. The van der Waals surface area contributed by atoms with Gasteiger partial charge in [-0.1, -0.05) is 0 Å². The number of ether oxygens (including phenoxy) is 1. The summed E-state index contributed by atoms with van der Waals surface area (Å²) >= 11 is 0. The third-order valence-electron chi connectivity index (χ3n) is 1.64. The number of hydrogen-bond acceptors (Lipinski definition) is 3. The summed E-state index contributed by atoms with van der Waals surface area (Å²) < 4.78 is 6.94. The maximum Gasteiger partial charge on any atom is 0.0884 e. The third kappa shape index (κ3) is 2.06. The molecule has 0 aliphatic heterocycles. The summed E-state index contributed by atoms with van der Waals surface area (Å²) in [6.07, 6.45) is 0. The first-order valence-electron chi connectivity index (χ1n) is 3.98. The average molecular weight is 170 g/mol. The van der Waals surface area contributed by atoms with Crippen molar-refractivity contribution in [2.45, 2.75) is 20.1 Å². The van der Waals surface area contributed by atoms with Gasteiger partial charge in [0.1, 0.15) is 0 Å². The van der Waals surface area contributed by atoms with Crippen molar-refractivity contribution in [3.63, 3.8) is 0 Å². The van der Waals surface area contributed by atoms with Crippen molar-refractivity contribution in [1.29, 1.82) is 0 Å². The zero-order valence-electron chi connectivity index (χ0n) is 7.45. The van der Waals surface area contributed by atoms with Gasteiger partial charge in [0.25, 0.3) is 0 Å². The van der Waals surface area contributed by atoms with Gasteiger partial charge in [0, 0.05) is 13.7 Å². The molecule has 0 aromatic carbocycles. The third-order valence-corrected chi connectivity index (χ3v) is 1.64. The van der Waals surface area contributed by atoms with Crippen molar-refractivity contribution < 1.29 is 9.84 Å². The van der Waals surface area contributed by atoms with E-state index in [4.69, 9.17) is 9.84 Å². The van der Waals surface area contributed by atoms with Crippen molar-refractivity contribution in [2.24, 2.45) is 7.05 Å². The van der Waals surface area contributed by atoms with E-state index in [1.54, 1.807) is 4.68 Å². The van der Waals surface area contributed by atoms with Gasteiger partial charge in [-0.25, -0.2) is 0 Å². The highest BCUT2D eigenvalue weighted by molar-refractivity contribution is 5.08. The smallest absolute Gasteiger partial charge is 0.0884 e. The van der Waals surface area contributed by atoms with Crippen molar-refractivity contribution >= 4 is 0 Å². The van der Waals surface area contributed by atoms with Gasteiger partial charge in [0.15, 0.2) is 0 Å². The minimum Gasteiger partial charge on any atom is -0.390 e. The summed E-state index contributed by atoms with van der Waals surface area (Å²) in [5.41, 5.74) is 1.67. The Bertz CT molecular complexity index is 245. The maximum absolute atomic E-state index is 8.78. The van der Waals surface area contributed by atoms with Gasteiger partial charge < -0.3 is 9.84 Å². The summed E-state index contributed by atoms with van der Waals surface area (Å²) in [5.74, 6) is 0. The van der Waals surface area contributed by atoms with E-state index in [-0.39, 0.29) is 6.61 Å². The van der Waals surface area contributed by atoms with Crippen LogP contribution >= 0.6 is 0 Å². The molecule has 0 unspecified atom stereocenters. The number of aromatic nitrogens is 2. The number of aliphatic hydroxyl groups excluding tert-OH is 1. The zero-order valence-corrected chi connectivity index (χ0v) is 7.45. The molecule has 0 radical (unpaired) electrons. The first-order chi connectivity index (χ1) is 5.77. The van der Waals surface area contributed by atoms with Crippen LogP contribution in [0.5, 0.6) is 0 Å². The largest absolute Gasteiger partial charge is 0.390 e. The molecule has 0 saturated carbocycles. The fourth-order valence-corrected chi connectivity index (χ4v) is 0.990. The van der Waals surface area contributed by atoms with Crippen LogP contribution in [0.2, 0.25) is 0 Å². The summed E-state index contributed by atoms with van der Waals surface area (Å²) in [5, 5.41) is 12.9. The van der Waals surface area contributed by atoms with Crippen molar-refractivity contribution in [3.8, 4) is 0 Å². The van der Waals surface area contributed by atoms with E-state index in [2.05, 4.69) is 5.10 Å². The minimum absolute atomic E-state index is 0.0139. The molecular formula is C8H14N2O2. The van der Waals surface area contributed by atoms with Crippen LogP contribution in [0.25, 0.3) is 0 Å². The number of rotatable bonds is 4. The molecule has 0 amide bonds. The predicted molar refractivity (Wildman–Crippen MR) is 44.5 cm³/mol. The quantitative estimate of drug-likeness (QED) is 0.713. The maximum atomic E-state index is 8.78. The van der Waals surface area contributed by atoms with E-state index in [1.165, 1.54) is 0 Å². The zero-order chi connectivity index (χ0) is 8.97. The second-order valence-electron chi connectivity index (χ2n) is 2.55. The van der Waals surface area contributed by atoms with E-state index in [1.807, 2.05) is 20.0 Å². The van der Waals surface area contributed by atoms with Gasteiger partial charge in [-0.05, 0) is 13.0 Å². The molecule has 1 rings (SSSR count). The van der Waals surface area contributed by atoms with Gasteiger partial charge >= 0.3 is 0 Å². The van der Waals surface area contributed by atoms with Crippen LogP contribution in [0.15, 0.2) is 6.07 Å². The molecule has 0 aliphatic carbocycles. The molecule has 0 fully saturated rings. The lowest BCUT2D eigenvalue weighted by molar-refractivity contribution is 0.128. The summed E-state index contributed by atoms with van der Waals surface area (Å²) in [6.45, 7) is 3.18. The van der Waals surface area contributed by atoms with E-state index in [9.17, 15) is 0 Å². The molecule has 4 heteroatoms. The van der Waals surface area contributed by atoms with Crippen molar-refractivity contribution in [2.75, 3.05) is 6.61 Å². The van der Waals surface area contributed by atoms with Gasteiger partial charge in [0.2, 0.25) is 0 Å². The van der Waals surface area contributed by atoms with Crippen LogP contribution in [-0.2, 0) is 25.0 Å². The van der Waals surface area contributed by atoms with E-state index < -0.39 is 0 Å². The Morgan fingerprint density at radius 1 is 1.67 bits per heavy atom. The summed E-state index contributed by atoms with van der Waals surface area (Å²) in [6, 6.07) is 1.84. The highest BCUT2D eigenvalue weighted by atomic mass is 16.5. The fourth-order valence-electron chi connectivity index (χ4n) is 0.990. The number of hydrogen-bond donors (Lipinski definition) is 1. The Hall–Kier alpha value is -0.870. The predicted octanol–water partition coefficient (Wildman–Crippen LogP) is 0.449. The van der Waals surface area contributed by atoms with Gasteiger partial charge in [-0.2, -0.15) is 5.10 Å². The molecule has 1 aromatic heterocycles. The standard InChI is InChI=1S/C8H14N2O2/c1-3-12-6-8-4-7(5-11)9-10(8)2/h4,11H,3,5-6H2,1-2H3. The van der Waals surface area contributed by atoms with E-state index in [0.717, 1.165) is 5.69 Å². The second-order valence-corrected chi connectivity index (χ2v) is 2.55. The molecule has 1 heterocycles. The van der Waals surface area contributed by atoms with Crippen LogP contribution in [0, 0.1) is 0 Å². The first-order valence-corrected chi connectivity index (χ1v) is 3.98. The first kappa shape index (κ1) is 9.22.